The van der Waals surface area contributed by atoms with Crippen molar-refractivity contribution in [3.8, 4) is 0 Å². The van der Waals surface area contributed by atoms with Gasteiger partial charge in [0.2, 0.25) is 11.8 Å². The topological polar surface area (TPSA) is 181 Å². The second-order valence-electron chi connectivity index (χ2n) is 16.8. The Hall–Kier alpha value is -1.89. The SMILES string of the molecule is C.CC(C)CCC(=O)N(C)NCC(O)C(N)Cc1ccccc1.CCCN(CCC)C(=O)c1cccc(C(=O)NC(Cc2ccccc2)C(O)CNN(C)C(=O)CCC(C)C)c1.[I][V]([I])[I]. The van der Waals surface area contributed by atoms with Gasteiger partial charge in [-0.1, -0.05) is 116 Å². The summed E-state index contributed by atoms with van der Waals surface area (Å²) in [5.41, 5.74) is 14.8. The number of benzene rings is 3. The van der Waals surface area contributed by atoms with Crippen LogP contribution in [0.15, 0.2) is 84.9 Å². The molecule has 7 N–H and O–H groups in total. The van der Waals surface area contributed by atoms with E-state index < -0.39 is 18.2 Å². The number of hydrazine groups is 2. The van der Waals surface area contributed by atoms with E-state index in [0.29, 0.717) is 61.7 Å². The van der Waals surface area contributed by atoms with Gasteiger partial charge in [-0.15, -0.1) is 0 Å². The predicted octanol–water partition coefficient (Wildman–Crippen LogP) is 8.66. The Balaban J connectivity index is 0.00000132. The zero-order valence-corrected chi connectivity index (χ0v) is 47.4. The van der Waals surface area contributed by atoms with Gasteiger partial charge in [0.15, 0.2) is 0 Å². The van der Waals surface area contributed by atoms with Gasteiger partial charge in [-0.25, -0.2) is 10.9 Å². The molecule has 3 aromatic rings. The van der Waals surface area contributed by atoms with Crippen molar-refractivity contribution in [2.45, 2.75) is 125 Å². The maximum absolute atomic E-state index is 13.3. The molecule has 0 heterocycles. The summed E-state index contributed by atoms with van der Waals surface area (Å²) in [6.45, 7) is 14.1. The van der Waals surface area contributed by atoms with E-state index in [-0.39, 0.29) is 55.1 Å². The van der Waals surface area contributed by atoms with Crippen molar-refractivity contribution in [2.75, 3.05) is 40.3 Å². The van der Waals surface area contributed by atoms with Crippen molar-refractivity contribution in [1.29, 1.82) is 0 Å². The Labute approximate surface area is 434 Å². The van der Waals surface area contributed by atoms with Crippen LogP contribution in [0.3, 0.4) is 0 Å². The van der Waals surface area contributed by atoms with Gasteiger partial charge in [0.05, 0.1) is 18.2 Å². The fourth-order valence-corrected chi connectivity index (χ4v) is 6.35. The van der Waals surface area contributed by atoms with E-state index in [1.165, 1.54) is 10.0 Å². The van der Waals surface area contributed by atoms with Gasteiger partial charge < -0.3 is 26.2 Å². The number of nitrogens with zero attached hydrogens (tertiary/aromatic N) is 3. The zero-order valence-electron chi connectivity index (χ0n) is 39.6. The summed E-state index contributed by atoms with van der Waals surface area (Å²) in [5, 5.41) is 27.0. The standard InChI is InChI=1S/C31H46N4O4.C17H29N3O2.CH4.3HI.V/c1-6-18-35(19-7-2)31(39)26-15-11-14-25(21-26)30(38)33-27(20-24-12-9-8-10-13-24)28(36)22-32-34(5)29(37)17-16-23(3)4;1-13(2)9-10-17(22)20(3)19-12-16(21)15(18)11-14-7-5-4-6-8-14;;;;;/h8-15,21,23,27-28,32,36H,6-7,16-20,22H2,1-5H3,(H,33,38);4-8,13,15-16,19,21H,9-12,18H2,1-3H3;1H4;3*1H;/q;;;;;;+3/p-3. The summed E-state index contributed by atoms with van der Waals surface area (Å²) in [6.07, 6.45) is 3.63. The predicted molar refractivity (Wildman–Crippen MR) is 293 cm³/mol. The van der Waals surface area contributed by atoms with Gasteiger partial charge in [0, 0.05) is 70.3 Å². The van der Waals surface area contributed by atoms with Crippen molar-refractivity contribution in [3.05, 3.63) is 107 Å². The average Bonchev–Trinajstić information content (AvgIpc) is 3.28. The molecule has 66 heavy (non-hydrogen) atoms. The molecule has 0 radical (unpaired) electrons. The molecule has 0 spiro atoms. The number of nitrogens with two attached hydrogens (primary N) is 1. The normalized spacial score (nSPS) is 12.6. The molecule has 0 aliphatic carbocycles. The molecule has 17 heteroatoms. The zero-order chi connectivity index (χ0) is 48.9. The molecule has 13 nitrogen and oxygen atoms in total. The van der Waals surface area contributed by atoms with E-state index in [0.717, 1.165) is 36.8 Å². The number of hydrogen-bond acceptors (Lipinski definition) is 9. The second-order valence-corrected chi connectivity index (χ2v) is 52.2. The summed E-state index contributed by atoms with van der Waals surface area (Å²) < 4.78 is 0. The van der Waals surface area contributed by atoms with Crippen LogP contribution in [-0.2, 0) is 27.4 Å². The quantitative estimate of drug-likeness (QED) is 0.0358. The molecule has 4 amide bonds. The fraction of sp³-hybridized carbons (Fsp3) is 0.551. The van der Waals surface area contributed by atoms with E-state index in [9.17, 15) is 29.4 Å². The Morgan fingerprint density at radius 1 is 0.667 bits per heavy atom. The molecule has 372 valence electrons. The number of aliphatic hydroxyl groups excluding tert-OH is 2. The van der Waals surface area contributed by atoms with Gasteiger partial charge in [-0.2, -0.15) is 0 Å². The molecule has 0 saturated heterocycles. The first-order valence-electron chi connectivity index (χ1n) is 22.5. The van der Waals surface area contributed by atoms with Gasteiger partial charge >= 0.3 is 64.9 Å². The van der Waals surface area contributed by atoms with Crippen molar-refractivity contribution in [2.24, 2.45) is 17.6 Å². The van der Waals surface area contributed by atoms with E-state index in [1.54, 1.807) is 38.4 Å². The first-order chi connectivity index (χ1) is 30.8. The molecule has 0 saturated carbocycles. The van der Waals surface area contributed by atoms with Crippen LogP contribution in [-0.4, -0.2) is 113 Å². The minimum absolute atomic E-state index is 0. The summed E-state index contributed by atoms with van der Waals surface area (Å²) >= 11 is 7.39. The number of aliphatic hydroxyl groups is 2. The monoisotopic (exact) mass is 1290 g/mol. The van der Waals surface area contributed by atoms with Gasteiger partial charge in [0.1, 0.15) is 0 Å². The van der Waals surface area contributed by atoms with Crippen molar-refractivity contribution < 1.29 is 34.3 Å². The number of hydrogen-bond donors (Lipinski definition) is 6. The third kappa shape index (κ3) is 28.6. The molecule has 0 aliphatic heterocycles. The third-order valence-corrected chi connectivity index (χ3v) is 10.2. The van der Waals surface area contributed by atoms with Gasteiger partial charge in [-0.3, -0.25) is 29.2 Å². The summed E-state index contributed by atoms with van der Waals surface area (Å²) in [6, 6.07) is 25.2. The third-order valence-electron chi connectivity index (χ3n) is 10.2. The molecule has 3 rings (SSSR count). The van der Waals surface area contributed by atoms with Gasteiger partial charge in [0.25, 0.3) is 11.8 Å². The summed E-state index contributed by atoms with van der Waals surface area (Å²) in [7, 11) is 3.32. The van der Waals surface area contributed by atoms with Crippen molar-refractivity contribution in [1.82, 2.24) is 31.1 Å². The number of nitrogens with one attached hydrogen (secondary N) is 3. The van der Waals surface area contributed by atoms with Gasteiger partial charge in [-0.05, 0) is 79.7 Å². The van der Waals surface area contributed by atoms with Crippen LogP contribution in [0.5, 0.6) is 0 Å². The molecule has 4 unspecified atom stereocenters. The molecule has 0 aliphatic rings. The number of rotatable bonds is 25. The second kappa shape index (κ2) is 37.0. The van der Waals surface area contributed by atoms with Crippen LogP contribution in [0, 0.1) is 11.8 Å². The van der Waals surface area contributed by atoms with E-state index in [2.05, 4.69) is 104 Å². The first kappa shape index (κ1) is 64.1. The Kier molecular flexibility index (Phi) is 36.0. The van der Waals surface area contributed by atoms with Crippen LogP contribution in [0.2, 0.25) is 0 Å². The van der Waals surface area contributed by atoms with Crippen molar-refractivity contribution >= 4 is 83.6 Å². The molecular formula is C49H79I3N7O6V. The molecule has 0 bridgehead atoms. The number of amides is 4. The van der Waals surface area contributed by atoms with E-state index in [1.807, 2.05) is 79.4 Å². The van der Waals surface area contributed by atoms with Crippen LogP contribution in [0.25, 0.3) is 0 Å². The first-order valence-corrected chi connectivity index (χ1v) is 36.0. The summed E-state index contributed by atoms with van der Waals surface area (Å²) in [4.78, 5) is 52.2. The average molecular weight is 1290 g/mol. The minimum atomic E-state index is -0.969. The van der Waals surface area contributed by atoms with Crippen LogP contribution in [0.1, 0.15) is 119 Å². The van der Waals surface area contributed by atoms with E-state index in [4.69, 9.17) is 5.73 Å². The van der Waals surface area contributed by atoms with Crippen molar-refractivity contribution in [3.63, 3.8) is 0 Å². The van der Waals surface area contributed by atoms with Crippen LogP contribution < -0.4 is 21.9 Å². The van der Waals surface area contributed by atoms with Crippen LogP contribution >= 0.6 is 59.9 Å². The maximum atomic E-state index is 13.3. The summed E-state index contributed by atoms with van der Waals surface area (Å²) in [5.74, 6) is 0.432. The molecule has 0 fully saturated rings. The molecule has 3 aromatic carbocycles. The Morgan fingerprint density at radius 3 is 1.53 bits per heavy atom. The number of carbonyl (C=O) groups excluding carboxylic acids is 4. The Morgan fingerprint density at radius 2 is 1.09 bits per heavy atom. The van der Waals surface area contributed by atoms with Crippen LogP contribution in [0.4, 0.5) is 0 Å². The Bertz CT molecular complexity index is 1780. The number of halogens is 3. The molecule has 0 aromatic heterocycles. The fourth-order valence-electron chi connectivity index (χ4n) is 6.35. The molecular weight excluding hydrogens is 1210 g/mol. The van der Waals surface area contributed by atoms with E-state index >= 15 is 0 Å². The number of carbonyl (C=O) groups is 4. The molecule has 4 atom stereocenters.